The number of hydrogen-bond donors (Lipinski definition) is 2. The summed E-state index contributed by atoms with van der Waals surface area (Å²) >= 11 is 0. The minimum absolute atomic E-state index is 0.0239. The van der Waals surface area contributed by atoms with Crippen molar-refractivity contribution in [2.24, 2.45) is 0 Å². The van der Waals surface area contributed by atoms with Crippen LogP contribution in [0.15, 0.2) is 24.4 Å². The zero-order chi connectivity index (χ0) is 27.2. The lowest BCUT2D eigenvalue weighted by atomic mass is 9.77. The van der Waals surface area contributed by atoms with E-state index in [2.05, 4.69) is 65.1 Å². The highest BCUT2D eigenvalue weighted by Crippen LogP contribution is 2.40. The summed E-state index contributed by atoms with van der Waals surface area (Å²) in [6.07, 6.45) is -1.93. The molecule has 0 bridgehead atoms. The molecular weight excluding hydrogens is 486 g/mol. The van der Waals surface area contributed by atoms with Crippen LogP contribution in [-0.4, -0.2) is 77.2 Å². The molecule has 0 atom stereocenters. The van der Waals surface area contributed by atoms with Gasteiger partial charge in [0.25, 0.3) is 0 Å². The Morgan fingerprint density at radius 3 is 2.19 bits per heavy atom. The Labute approximate surface area is 216 Å². The van der Waals surface area contributed by atoms with E-state index in [1.807, 2.05) is 7.05 Å². The van der Waals surface area contributed by atoms with Crippen LogP contribution in [0.25, 0.3) is 0 Å². The molecule has 0 saturated carbocycles. The number of benzene rings is 1. The minimum Gasteiger partial charge on any atom is -0.368 e. The van der Waals surface area contributed by atoms with Gasteiger partial charge >= 0.3 is 6.18 Å². The van der Waals surface area contributed by atoms with Crippen molar-refractivity contribution in [3.05, 3.63) is 35.8 Å². The Hall–Kier alpha value is -2.66. The van der Waals surface area contributed by atoms with Gasteiger partial charge in [-0.2, -0.15) is 18.2 Å². The summed E-state index contributed by atoms with van der Waals surface area (Å²) in [5.41, 5.74) is -0.601. The maximum Gasteiger partial charge on any atom is 0.418 e. The molecule has 1 aromatic carbocycles. The first-order chi connectivity index (χ1) is 17.2. The Morgan fingerprint density at radius 2 is 1.59 bits per heavy atom. The fourth-order valence-electron chi connectivity index (χ4n) is 5.49. The maximum atomic E-state index is 14.6. The smallest absolute Gasteiger partial charge is 0.368 e. The van der Waals surface area contributed by atoms with Crippen LogP contribution in [0.4, 0.5) is 40.7 Å². The number of nitrogens with zero attached hydrogens (tertiary/aromatic N) is 5. The van der Waals surface area contributed by atoms with Crippen LogP contribution in [0.5, 0.6) is 0 Å². The molecule has 1 aromatic heterocycles. The van der Waals surface area contributed by atoms with Gasteiger partial charge in [-0.05, 0) is 72.8 Å². The average Bonchev–Trinajstić information content (AvgIpc) is 2.79. The first kappa shape index (κ1) is 27.4. The van der Waals surface area contributed by atoms with E-state index in [4.69, 9.17) is 0 Å². The molecule has 204 valence electrons. The first-order valence-electron chi connectivity index (χ1n) is 12.6. The van der Waals surface area contributed by atoms with Gasteiger partial charge in [0.2, 0.25) is 5.95 Å². The fourth-order valence-corrected chi connectivity index (χ4v) is 5.49. The predicted octanol–water partition coefficient (Wildman–Crippen LogP) is 5.19. The Bertz CT molecular complexity index is 1090. The standard InChI is InChI=1S/C26H37F4N7/c1-24(2)14-18(15-25(3,4)36(24)6)32-22-20(27)16-31-23(34-22)33-17-7-8-21(19(13-17)26(28,29)30)37-11-9-35(5)10-12-37/h7-8,13,16,18H,9-12,14-15H2,1-6H3,(H2,31,32,33,34). The average molecular weight is 524 g/mol. The largest absolute Gasteiger partial charge is 0.418 e. The van der Waals surface area contributed by atoms with Crippen molar-refractivity contribution in [2.75, 3.05) is 55.8 Å². The highest BCUT2D eigenvalue weighted by atomic mass is 19.4. The molecule has 0 radical (unpaired) electrons. The van der Waals surface area contributed by atoms with Crippen LogP contribution < -0.4 is 15.5 Å². The molecule has 4 rings (SSSR count). The van der Waals surface area contributed by atoms with E-state index < -0.39 is 17.6 Å². The monoisotopic (exact) mass is 523 g/mol. The number of anilines is 4. The molecule has 2 aromatic rings. The molecule has 3 heterocycles. The summed E-state index contributed by atoms with van der Waals surface area (Å²) in [4.78, 5) is 14.4. The molecular formula is C26H37F4N7. The van der Waals surface area contributed by atoms with Crippen molar-refractivity contribution in [3.63, 3.8) is 0 Å². The second-order valence-corrected chi connectivity index (χ2v) is 11.5. The third-order valence-corrected chi connectivity index (χ3v) is 7.79. The number of rotatable bonds is 5. The number of alkyl halides is 3. The van der Waals surface area contributed by atoms with Gasteiger partial charge in [0.05, 0.1) is 11.8 Å². The third kappa shape index (κ3) is 6.09. The Morgan fingerprint density at radius 1 is 0.973 bits per heavy atom. The van der Waals surface area contributed by atoms with E-state index in [1.54, 1.807) is 11.0 Å². The van der Waals surface area contributed by atoms with Gasteiger partial charge in [0.15, 0.2) is 11.6 Å². The molecule has 0 aliphatic carbocycles. The van der Waals surface area contributed by atoms with Crippen molar-refractivity contribution < 1.29 is 17.6 Å². The summed E-state index contributed by atoms with van der Waals surface area (Å²) < 4.78 is 56.6. The number of piperazine rings is 1. The molecule has 0 spiro atoms. The fraction of sp³-hybridized carbons (Fsp3) is 0.615. The highest BCUT2D eigenvalue weighted by Gasteiger charge is 2.43. The molecule has 2 aliphatic rings. The van der Waals surface area contributed by atoms with Gasteiger partial charge < -0.3 is 20.4 Å². The number of likely N-dealkylation sites (N-methyl/N-ethyl adjacent to an activating group) is 1. The minimum atomic E-state index is -4.53. The summed E-state index contributed by atoms with van der Waals surface area (Å²) in [7, 11) is 4.04. The van der Waals surface area contributed by atoms with Gasteiger partial charge in [-0.3, -0.25) is 4.90 Å². The molecule has 2 N–H and O–H groups in total. The topological polar surface area (TPSA) is 59.6 Å². The van der Waals surface area contributed by atoms with Crippen LogP contribution in [0.1, 0.15) is 46.1 Å². The van der Waals surface area contributed by atoms with Gasteiger partial charge in [-0.15, -0.1) is 0 Å². The van der Waals surface area contributed by atoms with Gasteiger partial charge in [0.1, 0.15) is 0 Å². The molecule has 37 heavy (non-hydrogen) atoms. The summed E-state index contributed by atoms with van der Waals surface area (Å²) in [5.74, 6) is -0.555. The van der Waals surface area contributed by atoms with Crippen molar-refractivity contribution >= 4 is 23.1 Å². The van der Waals surface area contributed by atoms with E-state index in [0.29, 0.717) is 26.2 Å². The second-order valence-electron chi connectivity index (χ2n) is 11.5. The van der Waals surface area contributed by atoms with Crippen LogP contribution in [0.3, 0.4) is 0 Å². The zero-order valence-electron chi connectivity index (χ0n) is 22.4. The quantitative estimate of drug-likeness (QED) is 0.523. The summed E-state index contributed by atoms with van der Waals surface area (Å²) in [6.45, 7) is 11.0. The lowest BCUT2D eigenvalue weighted by molar-refractivity contribution is -0.137. The Balaban J connectivity index is 1.55. The molecule has 11 heteroatoms. The molecule has 2 aliphatic heterocycles. The zero-order valence-corrected chi connectivity index (χ0v) is 22.4. The number of likely N-dealkylation sites (tertiary alicyclic amines) is 1. The van der Waals surface area contributed by atoms with Gasteiger partial charge in [0, 0.05) is 54.7 Å². The van der Waals surface area contributed by atoms with Gasteiger partial charge in [-0.25, -0.2) is 9.37 Å². The number of halogens is 4. The van der Waals surface area contributed by atoms with Crippen molar-refractivity contribution in [1.29, 1.82) is 0 Å². The predicted molar refractivity (Wildman–Crippen MR) is 139 cm³/mol. The summed E-state index contributed by atoms with van der Waals surface area (Å²) in [6, 6.07) is 4.08. The maximum absolute atomic E-state index is 14.6. The summed E-state index contributed by atoms with van der Waals surface area (Å²) in [5, 5.41) is 6.05. The number of nitrogens with one attached hydrogen (secondary N) is 2. The lowest BCUT2D eigenvalue weighted by Crippen LogP contribution is -2.61. The molecule has 0 unspecified atom stereocenters. The normalized spacial score (nSPS) is 21.2. The van der Waals surface area contributed by atoms with E-state index in [-0.39, 0.29) is 40.3 Å². The third-order valence-electron chi connectivity index (χ3n) is 7.79. The molecule has 2 fully saturated rings. The van der Waals surface area contributed by atoms with Crippen molar-refractivity contribution in [3.8, 4) is 0 Å². The van der Waals surface area contributed by atoms with Crippen molar-refractivity contribution in [2.45, 2.75) is 63.8 Å². The number of piperidine rings is 1. The van der Waals surface area contributed by atoms with E-state index in [9.17, 15) is 17.6 Å². The van der Waals surface area contributed by atoms with E-state index >= 15 is 0 Å². The van der Waals surface area contributed by atoms with Gasteiger partial charge in [-0.1, -0.05) is 0 Å². The van der Waals surface area contributed by atoms with Crippen LogP contribution in [-0.2, 0) is 6.18 Å². The van der Waals surface area contributed by atoms with E-state index in [0.717, 1.165) is 25.1 Å². The van der Waals surface area contributed by atoms with Crippen LogP contribution in [0.2, 0.25) is 0 Å². The van der Waals surface area contributed by atoms with E-state index in [1.165, 1.54) is 6.07 Å². The number of aromatic nitrogens is 2. The molecule has 0 amide bonds. The lowest BCUT2D eigenvalue weighted by Gasteiger charge is -2.53. The number of hydrogen-bond acceptors (Lipinski definition) is 7. The second kappa shape index (κ2) is 9.90. The highest BCUT2D eigenvalue weighted by molar-refractivity contribution is 5.65. The van der Waals surface area contributed by atoms with Crippen molar-refractivity contribution in [1.82, 2.24) is 19.8 Å². The molecule has 2 saturated heterocycles. The Kier molecular flexibility index (Phi) is 7.33. The molecule has 7 nitrogen and oxygen atoms in total. The SMILES string of the molecule is CN1CCN(c2ccc(Nc3ncc(F)c(NC4CC(C)(C)N(C)C(C)(C)C4)n3)cc2C(F)(F)F)CC1. The van der Waals surface area contributed by atoms with Crippen LogP contribution in [0, 0.1) is 5.82 Å². The first-order valence-corrected chi connectivity index (χ1v) is 12.6. The van der Waals surface area contributed by atoms with Crippen LogP contribution >= 0.6 is 0 Å².